The Morgan fingerprint density at radius 1 is 1.03 bits per heavy atom. The molecule has 148 valence electrons. The van der Waals surface area contributed by atoms with E-state index in [1.165, 1.54) is 0 Å². The Hall–Kier alpha value is -3.88. The van der Waals surface area contributed by atoms with Crippen LogP contribution in [-0.4, -0.2) is 33.6 Å². The highest BCUT2D eigenvalue weighted by Gasteiger charge is 2.22. The van der Waals surface area contributed by atoms with E-state index in [9.17, 15) is 18.4 Å². The van der Waals surface area contributed by atoms with Gasteiger partial charge in [-0.05, 0) is 42.3 Å². The highest BCUT2D eigenvalue weighted by atomic mass is 19.1. The summed E-state index contributed by atoms with van der Waals surface area (Å²) in [6.07, 6.45) is 2.19. The molecule has 0 bridgehead atoms. The highest BCUT2D eigenvalue weighted by molar-refractivity contribution is 6.08. The number of hydrogen-bond donors (Lipinski definition) is 2. The molecule has 0 aliphatic carbocycles. The van der Waals surface area contributed by atoms with Gasteiger partial charge in [0.2, 0.25) is 0 Å². The van der Waals surface area contributed by atoms with Gasteiger partial charge in [0.25, 0.3) is 5.91 Å². The number of hydrogen-bond acceptors (Lipinski definition) is 5. The Balaban J connectivity index is 1.92. The summed E-state index contributed by atoms with van der Waals surface area (Å²) in [5.41, 5.74) is -1.15. The summed E-state index contributed by atoms with van der Waals surface area (Å²) < 4.78 is 34.5. The molecule has 0 atom stereocenters. The Bertz CT molecular complexity index is 1070. The number of nitrogens with zero attached hydrogens (tertiary/aromatic N) is 2. The first-order valence-corrected chi connectivity index (χ1v) is 8.48. The lowest BCUT2D eigenvalue weighted by Crippen LogP contribution is -2.20. The maximum absolute atomic E-state index is 14.5. The molecule has 9 heteroatoms. The lowest BCUT2D eigenvalue weighted by molar-refractivity contribution is 0.0685. The number of carboxylic acids is 1. The average molecular weight is 399 g/mol. The molecule has 1 aromatic heterocycles. The zero-order valence-electron chi connectivity index (χ0n) is 15.1. The number of benzene rings is 2. The molecule has 1 amide bonds. The van der Waals surface area contributed by atoms with E-state index in [0.717, 1.165) is 24.5 Å². The molecule has 0 spiro atoms. The van der Waals surface area contributed by atoms with Crippen LogP contribution >= 0.6 is 0 Å². The fourth-order valence-electron chi connectivity index (χ4n) is 2.62. The number of anilines is 1. The molecule has 0 saturated heterocycles. The van der Waals surface area contributed by atoms with Gasteiger partial charge in [0.15, 0.2) is 11.4 Å². The number of rotatable bonds is 6. The Morgan fingerprint density at radius 2 is 1.69 bits per heavy atom. The van der Waals surface area contributed by atoms with Gasteiger partial charge in [0, 0.05) is 12.4 Å². The maximum atomic E-state index is 14.5. The van der Waals surface area contributed by atoms with Gasteiger partial charge in [-0.3, -0.25) is 4.79 Å². The predicted molar refractivity (Wildman–Crippen MR) is 99.9 cm³/mol. The summed E-state index contributed by atoms with van der Waals surface area (Å²) in [6, 6.07) is 8.81. The number of carboxylic acid groups (broad SMARTS) is 1. The van der Waals surface area contributed by atoms with E-state index in [2.05, 4.69) is 9.97 Å². The molecule has 0 aliphatic heterocycles. The van der Waals surface area contributed by atoms with Crippen molar-refractivity contribution in [3.8, 4) is 16.9 Å². The van der Waals surface area contributed by atoms with Gasteiger partial charge in [0.1, 0.15) is 23.1 Å². The molecule has 0 radical (unpaired) electrons. The zero-order chi connectivity index (χ0) is 21.0. The lowest BCUT2D eigenvalue weighted by Gasteiger charge is -2.11. The van der Waals surface area contributed by atoms with Crippen LogP contribution in [0.15, 0.2) is 48.8 Å². The van der Waals surface area contributed by atoms with Gasteiger partial charge in [-0.15, -0.1) is 0 Å². The number of amides is 1. The maximum Gasteiger partial charge on any atom is 0.356 e. The minimum atomic E-state index is -1.49. The standard InChI is InChI=1S/C20H15F2N3O4/c1-2-29-13-5-3-4-11(8-13)12-9-14(21)16(15(22)10-12)25-19(26)17-18(20(27)28)24-7-6-23-17/h3-10H,2H2,1H3,(H,25,26)(H,27,28). The summed E-state index contributed by atoms with van der Waals surface area (Å²) in [6.45, 7) is 2.26. The molecule has 3 aromatic rings. The molecule has 2 N–H and O–H groups in total. The topological polar surface area (TPSA) is 101 Å². The number of nitrogens with one attached hydrogen (secondary N) is 1. The van der Waals surface area contributed by atoms with Crippen molar-refractivity contribution in [2.24, 2.45) is 0 Å². The molecule has 0 fully saturated rings. The third-order valence-corrected chi connectivity index (χ3v) is 3.87. The summed E-state index contributed by atoms with van der Waals surface area (Å²) in [5.74, 6) is -4.10. The molecule has 1 heterocycles. The largest absolute Gasteiger partial charge is 0.494 e. The van der Waals surface area contributed by atoms with Crippen LogP contribution in [0.1, 0.15) is 27.9 Å². The van der Waals surface area contributed by atoms with E-state index in [1.54, 1.807) is 24.3 Å². The molecule has 0 saturated carbocycles. The van der Waals surface area contributed by atoms with Crippen molar-refractivity contribution in [2.45, 2.75) is 6.92 Å². The van der Waals surface area contributed by atoms with Gasteiger partial charge in [0.05, 0.1) is 6.61 Å². The van der Waals surface area contributed by atoms with E-state index in [1.807, 2.05) is 12.2 Å². The van der Waals surface area contributed by atoms with Crippen molar-refractivity contribution in [1.29, 1.82) is 0 Å². The van der Waals surface area contributed by atoms with E-state index in [0.29, 0.717) is 17.9 Å². The van der Waals surface area contributed by atoms with E-state index < -0.39 is 40.6 Å². The lowest BCUT2D eigenvalue weighted by atomic mass is 10.0. The Kier molecular flexibility index (Phi) is 5.77. The van der Waals surface area contributed by atoms with Gasteiger partial charge >= 0.3 is 5.97 Å². The fourth-order valence-corrected chi connectivity index (χ4v) is 2.62. The number of carbonyl (C=O) groups excluding carboxylic acids is 1. The number of carbonyl (C=O) groups is 2. The number of aromatic nitrogens is 2. The summed E-state index contributed by atoms with van der Waals surface area (Å²) >= 11 is 0. The molecule has 0 aliphatic rings. The van der Waals surface area contributed by atoms with E-state index in [4.69, 9.17) is 9.84 Å². The summed E-state index contributed by atoms with van der Waals surface area (Å²) in [5, 5.41) is 11.1. The molecule has 3 rings (SSSR count). The van der Waals surface area contributed by atoms with Crippen molar-refractivity contribution >= 4 is 17.6 Å². The molecular weight excluding hydrogens is 384 g/mol. The second-order valence-electron chi connectivity index (χ2n) is 5.79. The molecular formula is C20H15F2N3O4. The normalized spacial score (nSPS) is 10.4. The highest BCUT2D eigenvalue weighted by Crippen LogP contribution is 2.29. The van der Waals surface area contributed by atoms with Crippen LogP contribution in [-0.2, 0) is 0 Å². The summed E-state index contributed by atoms with van der Waals surface area (Å²) in [7, 11) is 0. The monoisotopic (exact) mass is 399 g/mol. The van der Waals surface area contributed by atoms with Crippen molar-refractivity contribution in [2.75, 3.05) is 11.9 Å². The predicted octanol–water partition coefficient (Wildman–Crippen LogP) is 3.77. The fraction of sp³-hybridized carbons (Fsp3) is 0.100. The van der Waals surface area contributed by atoms with E-state index >= 15 is 0 Å². The van der Waals surface area contributed by atoms with Crippen LogP contribution in [0.5, 0.6) is 5.75 Å². The number of ether oxygens (including phenoxy) is 1. The van der Waals surface area contributed by atoms with Crippen LogP contribution < -0.4 is 10.1 Å². The Morgan fingerprint density at radius 3 is 2.31 bits per heavy atom. The van der Waals surface area contributed by atoms with Crippen LogP contribution in [0.25, 0.3) is 11.1 Å². The quantitative estimate of drug-likeness (QED) is 0.654. The van der Waals surface area contributed by atoms with Crippen LogP contribution in [0, 0.1) is 11.6 Å². The van der Waals surface area contributed by atoms with Gasteiger partial charge < -0.3 is 15.2 Å². The first-order chi connectivity index (χ1) is 13.9. The third-order valence-electron chi connectivity index (χ3n) is 3.87. The number of aromatic carboxylic acids is 1. The zero-order valence-corrected chi connectivity index (χ0v) is 15.1. The van der Waals surface area contributed by atoms with Crippen LogP contribution in [0.3, 0.4) is 0 Å². The second kappa shape index (κ2) is 8.42. The average Bonchev–Trinajstić information content (AvgIpc) is 2.71. The van der Waals surface area contributed by atoms with Gasteiger partial charge in [-0.2, -0.15) is 0 Å². The van der Waals surface area contributed by atoms with E-state index in [-0.39, 0.29) is 5.56 Å². The molecule has 2 aromatic carbocycles. The van der Waals surface area contributed by atoms with Crippen LogP contribution in [0.2, 0.25) is 0 Å². The SMILES string of the molecule is CCOc1cccc(-c2cc(F)c(NC(=O)c3nccnc3C(=O)O)c(F)c2)c1. The molecule has 29 heavy (non-hydrogen) atoms. The molecule has 7 nitrogen and oxygen atoms in total. The molecule has 0 unspecified atom stereocenters. The van der Waals surface area contributed by atoms with Crippen molar-refractivity contribution in [3.05, 3.63) is 71.8 Å². The van der Waals surface area contributed by atoms with Gasteiger partial charge in [-0.25, -0.2) is 23.5 Å². The second-order valence-corrected chi connectivity index (χ2v) is 5.79. The third kappa shape index (κ3) is 4.34. The number of halogens is 2. The first-order valence-electron chi connectivity index (χ1n) is 8.48. The van der Waals surface area contributed by atoms with Crippen molar-refractivity contribution in [3.63, 3.8) is 0 Å². The van der Waals surface area contributed by atoms with Crippen LogP contribution in [0.4, 0.5) is 14.5 Å². The Labute approximate surface area is 164 Å². The summed E-state index contributed by atoms with van der Waals surface area (Å²) in [4.78, 5) is 30.6. The minimum absolute atomic E-state index is 0.241. The first kappa shape index (κ1) is 19.9. The van der Waals surface area contributed by atoms with Crippen molar-refractivity contribution < 1.29 is 28.2 Å². The smallest absolute Gasteiger partial charge is 0.356 e. The van der Waals surface area contributed by atoms with Crippen molar-refractivity contribution in [1.82, 2.24) is 9.97 Å². The minimum Gasteiger partial charge on any atom is -0.494 e. The van der Waals surface area contributed by atoms with Gasteiger partial charge in [-0.1, -0.05) is 12.1 Å².